The smallest absolute Gasteiger partial charge is 0.283 e. The Labute approximate surface area is 65.7 Å². The number of furan rings is 1. The van der Waals surface area contributed by atoms with Gasteiger partial charge in [-0.2, -0.15) is 0 Å². The first-order chi connectivity index (χ1) is 4.20. The molecule has 0 unspecified atom stereocenters. The molecule has 1 aromatic rings. The van der Waals surface area contributed by atoms with Crippen molar-refractivity contribution in [3.8, 4) is 5.95 Å². The Morgan fingerprint density at radius 1 is 1.40 bits per heavy atom. The van der Waals surface area contributed by atoms with Crippen LogP contribution in [0.3, 0.4) is 0 Å². The van der Waals surface area contributed by atoms with Crippen LogP contribution in [0.2, 0.25) is 0 Å². The van der Waals surface area contributed by atoms with Crippen LogP contribution in [0.4, 0.5) is 5.88 Å². The Balaban J connectivity index is 0.000000810. The highest BCUT2D eigenvalue weighted by Crippen LogP contribution is 2.19. The third-order valence-electron chi connectivity index (χ3n) is 1.02. The lowest BCUT2D eigenvalue weighted by Gasteiger charge is -2.05. The summed E-state index contributed by atoms with van der Waals surface area (Å²) >= 11 is 0. The highest BCUT2D eigenvalue weighted by Gasteiger charge is 1.99. The monoisotopic (exact) mass is 163 g/mol. The van der Waals surface area contributed by atoms with E-state index in [2.05, 4.69) is 0 Å². The van der Waals surface area contributed by atoms with E-state index in [-0.39, 0.29) is 18.4 Å². The van der Waals surface area contributed by atoms with Gasteiger partial charge in [0.1, 0.15) is 0 Å². The summed E-state index contributed by atoms with van der Waals surface area (Å²) in [4.78, 5) is 1.78. The molecule has 3 nitrogen and oxygen atoms in total. The van der Waals surface area contributed by atoms with Crippen molar-refractivity contribution in [1.29, 1.82) is 0 Å². The van der Waals surface area contributed by atoms with Crippen molar-refractivity contribution in [3.63, 3.8) is 0 Å². The molecule has 0 bridgehead atoms. The van der Waals surface area contributed by atoms with Gasteiger partial charge in [-0.3, -0.25) is 0 Å². The van der Waals surface area contributed by atoms with Crippen LogP contribution in [-0.4, -0.2) is 19.2 Å². The van der Waals surface area contributed by atoms with Crippen molar-refractivity contribution in [2.45, 2.75) is 0 Å². The average molecular weight is 164 g/mol. The van der Waals surface area contributed by atoms with Crippen LogP contribution in [0.25, 0.3) is 0 Å². The number of aromatic hydroxyl groups is 1. The van der Waals surface area contributed by atoms with E-state index in [1.54, 1.807) is 11.0 Å². The lowest BCUT2D eigenvalue weighted by molar-refractivity contribution is 0.335. The van der Waals surface area contributed by atoms with Crippen LogP contribution < -0.4 is 4.90 Å². The fourth-order valence-corrected chi connectivity index (χ4v) is 0.558. The SMILES string of the molecule is CN(C)c1ccc(O)o1.Cl. The molecule has 10 heavy (non-hydrogen) atoms. The first-order valence-electron chi connectivity index (χ1n) is 2.66. The van der Waals surface area contributed by atoms with E-state index in [4.69, 9.17) is 9.52 Å². The maximum atomic E-state index is 8.71. The number of nitrogens with zero attached hydrogens (tertiary/aromatic N) is 1. The van der Waals surface area contributed by atoms with Crippen LogP contribution >= 0.6 is 12.4 Å². The Morgan fingerprint density at radius 2 is 2.00 bits per heavy atom. The molecule has 0 aliphatic heterocycles. The van der Waals surface area contributed by atoms with E-state index in [0.29, 0.717) is 5.88 Å². The molecule has 0 fully saturated rings. The van der Waals surface area contributed by atoms with Gasteiger partial charge in [-0.15, -0.1) is 12.4 Å². The van der Waals surface area contributed by atoms with Gasteiger partial charge in [-0.1, -0.05) is 0 Å². The van der Waals surface area contributed by atoms with Crippen LogP contribution in [-0.2, 0) is 0 Å². The van der Waals surface area contributed by atoms with E-state index in [9.17, 15) is 0 Å². The summed E-state index contributed by atoms with van der Waals surface area (Å²) in [5.74, 6) is 0.617. The summed E-state index contributed by atoms with van der Waals surface area (Å²) in [7, 11) is 3.69. The summed E-state index contributed by atoms with van der Waals surface area (Å²) < 4.78 is 4.83. The second-order valence-electron chi connectivity index (χ2n) is 2.01. The lowest BCUT2D eigenvalue weighted by atomic mass is 10.6. The molecule has 0 aliphatic carbocycles. The van der Waals surface area contributed by atoms with E-state index in [0.717, 1.165) is 0 Å². The molecule has 1 N–H and O–H groups in total. The quantitative estimate of drug-likeness (QED) is 0.681. The molecule has 1 heterocycles. The summed E-state index contributed by atoms with van der Waals surface area (Å²) in [6.07, 6.45) is 0. The number of anilines is 1. The zero-order valence-corrected chi connectivity index (χ0v) is 6.68. The Hall–Kier alpha value is -0.830. The average Bonchev–Trinajstić information content (AvgIpc) is 2.14. The molecule has 58 valence electrons. The molecule has 1 aromatic heterocycles. The van der Waals surface area contributed by atoms with Crippen LogP contribution in [0.5, 0.6) is 5.95 Å². The Morgan fingerprint density at radius 3 is 2.20 bits per heavy atom. The molecule has 1 rings (SSSR count). The van der Waals surface area contributed by atoms with E-state index in [1.807, 2.05) is 14.1 Å². The number of rotatable bonds is 1. The minimum Gasteiger partial charge on any atom is -0.481 e. The van der Waals surface area contributed by atoms with Crippen LogP contribution in [0.1, 0.15) is 0 Å². The molecule has 0 radical (unpaired) electrons. The zero-order valence-electron chi connectivity index (χ0n) is 5.87. The summed E-state index contributed by atoms with van der Waals surface area (Å²) in [6.45, 7) is 0. The Bertz CT molecular complexity index is 197. The molecular weight excluding hydrogens is 154 g/mol. The van der Waals surface area contributed by atoms with Gasteiger partial charge >= 0.3 is 0 Å². The maximum Gasteiger partial charge on any atom is 0.283 e. The van der Waals surface area contributed by atoms with Crippen molar-refractivity contribution >= 4 is 18.3 Å². The largest absolute Gasteiger partial charge is 0.481 e. The van der Waals surface area contributed by atoms with Crippen molar-refractivity contribution in [1.82, 2.24) is 0 Å². The van der Waals surface area contributed by atoms with Gasteiger partial charge in [0.25, 0.3) is 5.95 Å². The molecular formula is C6H10ClNO2. The van der Waals surface area contributed by atoms with E-state index in [1.165, 1.54) is 6.07 Å². The highest BCUT2D eigenvalue weighted by atomic mass is 35.5. The summed E-state index contributed by atoms with van der Waals surface area (Å²) in [6, 6.07) is 3.21. The van der Waals surface area contributed by atoms with Gasteiger partial charge in [-0.05, 0) is 0 Å². The van der Waals surface area contributed by atoms with Crippen molar-refractivity contribution in [2.24, 2.45) is 0 Å². The van der Waals surface area contributed by atoms with Gasteiger partial charge < -0.3 is 14.4 Å². The summed E-state index contributed by atoms with van der Waals surface area (Å²) in [5.41, 5.74) is 0. The molecule has 0 atom stereocenters. The predicted octanol–water partition coefficient (Wildman–Crippen LogP) is 1.47. The van der Waals surface area contributed by atoms with Crippen molar-refractivity contribution < 1.29 is 9.52 Å². The standard InChI is InChI=1S/C6H9NO2.ClH/c1-7(2)5-3-4-6(8)9-5;/h3-4,8H,1-2H3;1H. The molecule has 0 saturated heterocycles. The first kappa shape index (κ1) is 9.17. The number of hydrogen-bond acceptors (Lipinski definition) is 3. The molecule has 0 saturated carbocycles. The second kappa shape index (κ2) is 3.37. The molecule has 0 spiro atoms. The molecule has 4 heteroatoms. The zero-order chi connectivity index (χ0) is 6.85. The molecule has 0 aromatic carbocycles. The number of halogens is 1. The topological polar surface area (TPSA) is 36.6 Å². The minimum atomic E-state index is -0.0429. The van der Waals surface area contributed by atoms with Gasteiger partial charge in [0.2, 0.25) is 0 Å². The fourth-order valence-electron chi connectivity index (χ4n) is 0.558. The first-order valence-corrected chi connectivity index (χ1v) is 2.66. The molecule has 0 aliphatic rings. The van der Waals surface area contributed by atoms with Crippen LogP contribution in [0.15, 0.2) is 16.5 Å². The van der Waals surface area contributed by atoms with E-state index < -0.39 is 0 Å². The fraction of sp³-hybridized carbons (Fsp3) is 0.333. The normalized spacial score (nSPS) is 8.60. The van der Waals surface area contributed by atoms with E-state index >= 15 is 0 Å². The minimum absolute atomic E-state index is 0. The Kier molecular flexibility index (Phi) is 3.09. The lowest BCUT2D eigenvalue weighted by Crippen LogP contribution is -2.06. The summed E-state index contributed by atoms with van der Waals surface area (Å²) in [5, 5.41) is 8.71. The maximum absolute atomic E-state index is 8.71. The predicted molar refractivity (Wildman–Crippen MR) is 41.9 cm³/mol. The second-order valence-corrected chi connectivity index (χ2v) is 2.01. The van der Waals surface area contributed by atoms with Gasteiger partial charge in [-0.25, -0.2) is 0 Å². The highest BCUT2D eigenvalue weighted by molar-refractivity contribution is 5.85. The van der Waals surface area contributed by atoms with Crippen LogP contribution in [0, 0.1) is 0 Å². The van der Waals surface area contributed by atoms with Crippen molar-refractivity contribution in [2.75, 3.05) is 19.0 Å². The van der Waals surface area contributed by atoms with Gasteiger partial charge in [0.15, 0.2) is 5.88 Å². The molecule has 0 amide bonds. The third kappa shape index (κ3) is 1.84. The number of hydrogen-bond donors (Lipinski definition) is 1. The van der Waals surface area contributed by atoms with Crippen molar-refractivity contribution in [3.05, 3.63) is 12.1 Å². The van der Waals surface area contributed by atoms with Gasteiger partial charge in [0, 0.05) is 26.2 Å². The van der Waals surface area contributed by atoms with Gasteiger partial charge in [0.05, 0.1) is 0 Å². The third-order valence-corrected chi connectivity index (χ3v) is 1.02.